The Hall–Kier alpha value is -4.14. The van der Waals surface area contributed by atoms with Crippen LogP contribution in [0, 0.1) is 0 Å². The van der Waals surface area contributed by atoms with Gasteiger partial charge in [-0.25, -0.2) is 9.59 Å². The summed E-state index contributed by atoms with van der Waals surface area (Å²) in [7, 11) is 0. The second-order valence-corrected chi connectivity index (χ2v) is 11.7. The van der Waals surface area contributed by atoms with Crippen molar-refractivity contribution < 1.29 is 28.7 Å². The molecule has 3 amide bonds. The van der Waals surface area contributed by atoms with Crippen molar-refractivity contribution in [2.24, 2.45) is 0 Å². The molecule has 0 aliphatic carbocycles. The molecule has 2 N–H and O–H groups in total. The average Bonchev–Trinajstić information content (AvgIpc) is 2.86. The van der Waals surface area contributed by atoms with Crippen molar-refractivity contribution in [3.8, 4) is 0 Å². The summed E-state index contributed by atoms with van der Waals surface area (Å²) in [6, 6.07) is 14.8. The molecule has 0 aromatic heterocycles. The molecule has 2 aromatic carbocycles. The fraction of sp³-hybridized carbons (Fsp3) is 0.438. The lowest BCUT2D eigenvalue weighted by molar-refractivity contribution is -0.159. The predicted octanol–water partition coefficient (Wildman–Crippen LogP) is 4.72. The summed E-state index contributed by atoms with van der Waals surface area (Å²) in [6.07, 6.45) is 0.927. The van der Waals surface area contributed by atoms with Gasteiger partial charge in [0, 0.05) is 13.0 Å². The van der Waals surface area contributed by atoms with E-state index in [-0.39, 0.29) is 13.0 Å². The van der Waals surface area contributed by atoms with E-state index >= 15 is 0 Å². The zero-order valence-corrected chi connectivity index (χ0v) is 25.1. The highest BCUT2D eigenvalue weighted by molar-refractivity contribution is 5.94. The SMILES string of the molecule is C=CCN(C(=O)C(C)NC(=O)OC(C)(C)C)C(C(=O)NC(Cc1ccccc1)C(=O)OC(C)(C)C)c1ccccc1. The predicted molar refractivity (Wildman–Crippen MR) is 158 cm³/mol. The highest BCUT2D eigenvalue weighted by Gasteiger charge is 2.36. The van der Waals surface area contributed by atoms with Crippen LogP contribution in [0.15, 0.2) is 73.3 Å². The maximum Gasteiger partial charge on any atom is 0.408 e. The smallest absolute Gasteiger partial charge is 0.408 e. The molecule has 3 unspecified atom stereocenters. The number of hydrogen-bond acceptors (Lipinski definition) is 6. The van der Waals surface area contributed by atoms with Crippen LogP contribution >= 0.6 is 0 Å². The van der Waals surface area contributed by atoms with Gasteiger partial charge in [0.2, 0.25) is 11.8 Å². The third-order valence-electron chi connectivity index (χ3n) is 5.68. The van der Waals surface area contributed by atoms with E-state index in [4.69, 9.17) is 9.47 Å². The Balaban J connectivity index is 2.43. The molecule has 0 spiro atoms. The van der Waals surface area contributed by atoms with Crippen LogP contribution in [0.4, 0.5) is 4.79 Å². The van der Waals surface area contributed by atoms with E-state index in [1.54, 1.807) is 71.9 Å². The van der Waals surface area contributed by atoms with E-state index in [1.807, 2.05) is 30.3 Å². The van der Waals surface area contributed by atoms with Crippen molar-refractivity contribution in [1.29, 1.82) is 0 Å². The lowest BCUT2D eigenvalue weighted by Crippen LogP contribution is -2.54. The summed E-state index contributed by atoms with van der Waals surface area (Å²) in [4.78, 5) is 54.6. The maximum absolute atomic E-state index is 14.0. The quantitative estimate of drug-likeness (QED) is 0.301. The van der Waals surface area contributed by atoms with Gasteiger partial charge in [0.1, 0.15) is 29.3 Å². The van der Waals surface area contributed by atoms with Gasteiger partial charge < -0.3 is 25.0 Å². The molecule has 0 radical (unpaired) electrons. The van der Waals surface area contributed by atoms with E-state index in [1.165, 1.54) is 17.9 Å². The van der Waals surface area contributed by atoms with Crippen molar-refractivity contribution in [2.45, 2.75) is 84.2 Å². The van der Waals surface area contributed by atoms with E-state index in [2.05, 4.69) is 17.2 Å². The molecule has 0 aliphatic rings. The third-order valence-corrected chi connectivity index (χ3v) is 5.68. The van der Waals surface area contributed by atoms with Crippen LogP contribution in [-0.2, 0) is 30.3 Å². The first-order valence-electron chi connectivity index (χ1n) is 13.6. The molecule has 0 bridgehead atoms. The minimum atomic E-state index is -1.13. The molecule has 222 valence electrons. The summed E-state index contributed by atoms with van der Waals surface area (Å²) in [5.74, 6) is -1.71. The molecular weight excluding hydrogens is 522 g/mol. The number of carbonyl (C=O) groups excluding carboxylic acids is 4. The lowest BCUT2D eigenvalue weighted by Gasteiger charge is -2.34. The summed E-state index contributed by atoms with van der Waals surface area (Å²) < 4.78 is 10.9. The van der Waals surface area contributed by atoms with Crippen molar-refractivity contribution in [3.05, 3.63) is 84.4 Å². The fourth-order valence-corrected chi connectivity index (χ4v) is 4.03. The second kappa shape index (κ2) is 14.5. The average molecular weight is 566 g/mol. The molecule has 2 aromatic rings. The van der Waals surface area contributed by atoms with Crippen LogP contribution in [0.1, 0.15) is 65.6 Å². The topological polar surface area (TPSA) is 114 Å². The highest BCUT2D eigenvalue weighted by atomic mass is 16.6. The minimum Gasteiger partial charge on any atom is -0.458 e. The largest absolute Gasteiger partial charge is 0.458 e. The number of benzene rings is 2. The van der Waals surface area contributed by atoms with Gasteiger partial charge in [-0.3, -0.25) is 9.59 Å². The maximum atomic E-state index is 14.0. The molecule has 0 fully saturated rings. The number of carbonyl (C=O) groups is 4. The van der Waals surface area contributed by atoms with Gasteiger partial charge in [-0.2, -0.15) is 0 Å². The number of rotatable bonds is 11. The molecule has 0 saturated carbocycles. The van der Waals surface area contributed by atoms with Crippen LogP contribution in [0.3, 0.4) is 0 Å². The first kappa shape index (κ1) is 33.1. The van der Waals surface area contributed by atoms with Crippen LogP contribution in [0.2, 0.25) is 0 Å². The van der Waals surface area contributed by atoms with E-state index in [9.17, 15) is 19.2 Å². The zero-order valence-electron chi connectivity index (χ0n) is 25.1. The van der Waals surface area contributed by atoms with Gasteiger partial charge in [-0.1, -0.05) is 66.7 Å². The molecule has 41 heavy (non-hydrogen) atoms. The molecule has 0 heterocycles. The Morgan fingerprint density at radius 3 is 1.90 bits per heavy atom. The van der Waals surface area contributed by atoms with E-state index < -0.39 is 53.2 Å². The second-order valence-electron chi connectivity index (χ2n) is 11.7. The molecule has 9 nitrogen and oxygen atoms in total. The number of nitrogens with one attached hydrogen (secondary N) is 2. The van der Waals surface area contributed by atoms with E-state index in [0.29, 0.717) is 5.56 Å². The summed E-state index contributed by atoms with van der Waals surface area (Å²) >= 11 is 0. The zero-order chi connectivity index (χ0) is 30.8. The Morgan fingerprint density at radius 1 is 0.854 bits per heavy atom. The summed E-state index contributed by atoms with van der Waals surface area (Å²) in [5.41, 5.74) is -0.180. The number of nitrogens with zero attached hydrogens (tertiary/aromatic N) is 1. The number of ether oxygens (including phenoxy) is 2. The number of alkyl carbamates (subject to hydrolysis) is 1. The van der Waals surface area contributed by atoms with Crippen LogP contribution in [0.25, 0.3) is 0 Å². The molecule has 0 aliphatic heterocycles. The van der Waals surface area contributed by atoms with Gasteiger partial charge in [-0.05, 0) is 59.6 Å². The molecular formula is C32H43N3O6. The molecule has 9 heteroatoms. The van der Waals surface area contributed by atoms with Crippen molar-refractivity contribution in [1.82, 2.24) is 15.5 Å². The third kappa shape index (κ3) is 11.1. The van der Waals surface area contributed by atoms with Crippen LogP contribution in [0.5, 0.6) is 0 Å². The van der Waals surface area contributed by atoms with Crippen molar-refractivity contribution in [2.75, 3.05) is 6.54 Å². The molecule has 0 saturated heterocycles. The lowest BCUT2D eigenvalue weighted by atomic mass is 10.0. The summed E-state index contributed by atoms with van der Waals surface area (Å²) in [5, 5.41) is 5.38. The van der Waals surface area contributed by atoms with Crippen molar-refractivity contribution >= 4 is 23.9 Å². The number of esters is 1. The van der Waals surface area contributed by atoms with Gasteiger partial charge in [0.15, 0.2) is 0 Å². The first-order valence-corrected chi connectivity index (χ1v) is 13.6. The fourth-order valence-electron chi connectivity index (χ4n) is 4.03. The van der Waals surface area contributed by atoms with Gasteiger partial charge in [0.05, 0.1) is 0 Å². The normalized spacial score (nSPS) is 13.6. The summed E-state index contributed by atoms with van der Waals surface area (Å²) in [6.45, 7) is 15.7. The van der Waals surface area contributed by atoms with Gasteiger partial charge >= 0.3 is 12.1 Å². The standard InChI is InChI=1S/C32H43N3O6/c1-9-20-35(28(37)22(2)33-30(39)41-32(6,7)8)26(24-18-14-11-15-19-24)27(36)34-25(29(38)40-31(3,4)5)21-23-16-12-10-13-17-23/h9-19,22,25-26H,1,20-21H2,2-8H3,(H,33,39)(H,34,36). The number of hydrogen-bond donors (Lipinski definition) is 2. The van der Waals surface area contributed by atoms with Crippen LogP contribution in [-0.4, -0.2) is 58.6 Å². The Bertz CT molecular complexity index is 1190. The van der Waals surface area contributed by atoms with Gasteiger partial charge in [0.25, 0.3) is 0 Å². The first-order chi connectivity index (χ1) is 19.1. The Morgan fingerprint density at radius 2 is 1.39 bits per heavy atom. The Kier molecular flexibility index (Phi) is 11.7. The van der Waals surface area contributed by atoms with Gasteiger partial charge in [-0.15, -0.1) is 6.58 Å². The highest BCUT2D eigenvalue weighted by Crippen LogP contribution is 2.23. The molecule has 2 rings (SSSR count). The molecule has 3 atom stereocenters. The van der Waals surface area contributed by atoms with Crippen molar-refractivity contribution in [3.63, 3.8) is 0 Å². The number of amides is 3. The monoisotopic (exact) mass is 565 g/mol. The Labute approximate surface area is 243 Å². The minimum absolute atomic E-state index is 0.00193. The van der Waals surface area contributed by atoms with Crippen LogP contribution < -0.4 is 10.6 Å². The van der Waals surface area contributed by atoms with E-state index in [0.717, 1.165) is 5.56 Å².